The summed E-state index contributed by atoms with van der Waals surface area (Å²) in [4.78, 5) is 6.81. The van der Waals surface area contributed by atoms with Crippen LogP contribution in [-0.4, -0.2) is 22.4 Å². The highest BCUT2D eigenvalue weighted by atomic mass is 32.1. The van der Waals surface area contributed by atoms with Crippen LogP contribution in [0.4, 0.5) is 5.69 Å². The van der Waals surface area contributed by atoms with Gasteiger partial charge in [0.05, 0.1) is 18.7 Å². The Balaban J connectivity index is 1.66. The van der Waals surface area contributed by atoms with Gasteiger partial charge in [-0.15, -0.1) is 0 Å². The average Bonchev–Trinajstić information content (AvgIpc) is 3.36. The Morgan fingerprint density at radius 2 is 1.74 bits per heavy atom. The molecule has 176 valence electrons. The van der Waals surface area contributed by atoms with Gasteiger partial charge < -0.3 is 14.6 Å². The molecule has 0 radical (unpaired) electrons. The summed E-state index contributed by atoms with van der Waals surface area (Å²) in [5.74, 6) is 1.68. The number of rotatable bonds is 5. The Bertz CT molecular complexity index is 1430. The van der Waals surface area contributed by atoms with Gasteiger partial charge >= 0.3 is 0 Å². The van der Waals surface area contributed by atoms with Crippen molar-refractivity contribution < 1.29 is 9.26 Å². The zero-order valence-corrected chi connectivity index (χ0v) is 20.9. The Morgan fingerprint density at radius 1 is 0.943 bits per heavy atom. The molecule has 4 aromatic rings. The van der Waals surface area contributed by atoms with Gasteiger partial charge in [0.2, 0.25) is 5.82 Å². The largest absolute Gasteiger partial charge is 0.497 e. The van der Waals surface area contributed by atoms with E-state index in [-0.39, 0.29) is 6.04 Å². The summed E-state index contributed by atoms with van der Waals surface area (Å²) < 4.78 is 11.2. The van der Waals surface area contributed by atoms with E-state index in [0.717, 1.165) is 33.8 Å². The van der Waals surface area contributed by atoms with Crippen LogP contribution >= 0.6 is 12.2 Å². The molecule has 0 spiro atoms. The number of benzene rings is 3. The van der Waals surface area contributed by atoms with Crippen molar-refractivity contribution in [3.8, 4) is 17.1 Å². The van der Waals surface area contributed by atoms with Gasteiger partial charge in [0.1, 0.15) is 5.75 Å². The van der Waals surface area contributed by atoms with E-state index in [9.17, 15) is 0 Å². The summed E-state index contributed by atoms with van der Waals surface area (Å²) in [7, 11) is 1.64. The summed E-state index contributed by atoms with van der Waals surface area (Å²) in [5, 5.41) is 8.44. The minimum Gasteiger partial charge on any atom is -0.497 e. The molecule has 0 saturated carbocycles. The lowest BCUT2D eigenvalue weighted by atomic mass is 9.92. The lowest BCUT2D eigenvalue weighted by Crippen LogP contribution is -2.46. The first-order valence-corrected chi connectivity index (χ1v) is 11.8. The van der Waals surface area contributed by atoms with Gasteiger partial charge in [0, 0.05) is 16.9 Å². The standard InChI is InChI=1S/C28H26N4O2S/c1-17-13-14-20(15-18(17)2)25-24(19(3)32(28(35)29-25)22-10-6-5-7-11-22)27-30-26(31-34-27)21-9-8-12-23(16-21)33-4/h5-16,25H,1-4H3,(H,29,35). The van der Waals surface area contributed by atoms with Gasteiger partial charge in [-0.2, -0.15) is 4.98 Å². The molecule has 1 N–H and O–H groups in total. The van der Waals surface area contributed by atoms with Crippen molar-refractivity contribution in [1.29, 1.82) is 0 Å². The van der Waals surface area contributed by atoms with E-state index in [1.54, 1.807) is 7.11 Å². The fourth-order valence-electron chi connectivity index (χ4n) is 4.31. The number of thiocarbonyl (C=S) groups is 1. The van der Waals surface area contributed by atoms with Crippen molar-refractivity contribution in [3.05, 3.63) is 101 Å². The van der Waals surface area contributed by atoms with Crippen molar-refractivity contribution in [3.63, 3.8) is 0 Å². The van der Waals surface area contributed by atoms with Gasteiger partial charge in [-0.1, -0.05) is 53.7 Å². The van der Waals surface area contributed by atoms with E-state index in [4.69, 9.17) is 26.5 Å². The van der Waals surface area contributed by atoms with Crippen molar-refractivity contribution >= 4 is 28.6 Å². The molecule has 0 aliphatic carbocycles. The van der Waals surface area contributed by atoms with E-state index in [2.05, 4.69) is 42.5 Å². The van der Waals surface area contributed by atoms with Gasteiger partial charge in [-0.05, 0) is 73.9 Å². The second-order valence-electron chi connectivity index (χ2n) is 8.55. The summed E-state index contributed by atoms with van der Waals surface area (Å²) in [6, 6.07) is 23.8. The summed E-state index contributed by atoms with van der Waals surface area (Å²) in [6.45, 7) is 6.26. The summed E-state index contributed by atoms with van der Waals surface area (Å²) >= 11 is 5.83. The number of nitrogens with zero attached hydrogens (tertiary/aromatic N) is 3. The number of para-hydroxylation sites is 1. The van der Waals surface area contributed by atoms with Gasteiger partial charge in [0.15, 0.2) is 5.11 Å². The first-order valence-electron chi connectivity index (χ1n) is 11.4. The predicted molar refractivity (Wildman–Crippen MR) is 142 cm³/mol. The molecular weight excluding hydrogens is 456 g/mol. The van der Waals surface area contributed by atoms with Crippen molar-refractivity contribution in [2.75, 3.05) is 12.0 Å². The molecule has 0 saturated heterocycles. The van der Waals surface area contributed by atoms with Crippen LogP contribution in [-0.2, 0) is 0 Å². The second kappa shape index (κ2) is 9.35. The maximum atomic E-state index is 5.86. The van der Waals surface area contributed by atoms with E-state index in [1.165, 1.54) is 11.1 Å². The van der Waals surface area contributed by atoms with Crippen LogP contribution in [0.3, 0.4) is 0 Å². The number of anilines is 1. The molecule has 1 aromatic heterocycles. The molecule has 2 heterocycles. The fourth-order valence-corrected chi connectivity index (χ4v) is 4.67. The number of hydrogen-bond acceptors (Lipinski definition) is 5. The minimum atomic E-state index is -0.236. The monoisotopic (exact) mass is 482 g/mol. The fraction of sp³-hybridized carbons (Fsp3) is 0.179. The highest BCUT2D eigenvalue weighted by Gasteiger charge is 2.34. The van der Waals surface area contributed by atoms with E-state index < -0.39 is 0 Å². The second-order valence-corrected chi connectivity index (χ2v) is 8.94. The lowest BCUT2D eigenvalue weighted by Gasteiger charge is -2.37. The molecule has 5 rings (SSSR count). The highest BCUT2D eigenvalue weighted by molar-refractivity contribution is 7.80. The van der Waals surface area contributed by atoms with Gasteiger partial charge in [0.25, 0.3) is 5.89 Å². The molecule has 0 bridgehead atoms. The molecule has 3 aromatic carbocycles. The molecule has 0 fully saturated rings. The number of hydrogen-bond donors (Lipinski definition) is 1. The summed E-state index contributed by atoms with van der Waals surface area (Å²) in [5.41, 5.74) is 7.12. The quantitative estimate of drug-likeness (QED) is 0.338. The zero-order valence-electron chi connectivity index (χ0n) is 20.1. The minimum absolute atomic E-state index is 0.236. The number of allylic oxidation sites excluding steroid dienone is 1. The summed E-state index contributed by atoms with van der Waals surface area (Å²) in [6.07, 6.45) is 0. The molecule has 1 aliphatic heterocycles. The predicted octanol–water partition coefficient (Wildman–Crippen LogP) is 6.23. The molecule has 35 heavy (non-hydrogen) atoms. The maximum Gasteiger partial charge on any atom is 0.258 e. The number of aryl methyl sites for hydroxylation is 2. The Morgan fingerprint density at radius 3 is 2.49 bits per heavy atom. The van der Waals surface area contributed by atoms with Gasteiger partial charge in [-0.25, -0.2) is 0 Å². The maximum absolute atomic E-state index is 5.86. The number of ether oxygens (including phenoxy) is 1. The zero-order chi connectivity index (χ0) is 24.5. The molecule has 1 aliphatic rings. The van der Waals surface area contributed by atoms with Crippen molar-refractivity contribution in [1.82, 2.24) is 15.5 Å². The van der Waals surface area contributed by atoms with Crippen LogP contribution in [0.5, 0.6) is 5.75 Å². The van der Waals surface area contributed by atoms with Crippen molar-refractivity contribution in [2.45, 2.75) is 26.8 Å². The van der Waals surface area contributed by atoms with Crippen LogP contribution in [0, 0.1) is 13.8 Å². The normalized spacial score (nSPS) is 15.8. The topological polar surface area (TPSA) is 63.4 Å². The lowest BCUT2D eigenvalue weighted by molar-refractivity contribution is 0.403. The third kappa shape index (κ3) is 4.31. The van der Waals surface area contributed by atoms with E-state index in [0.29, 0.717) is 16.8 Å². The van der Waals surface area contributed by atoms with Crippen LogP contribution in [0.1, 0.15) is 35.5 Å². The molecule has 0 amide bonds. The van der Waals surface area contributed by atoms with E-state index >= 15 is 0 Å². The van der Waals surface area contributed by atoms with Crippen LogP contribution in [0.25, 0.3) is 17.0 Å². The Hall–Kier alpha value is -3.97. The molecule has 7 heteroatoms. The van der Waals surface area contributed by atoms with Crippen molar-refractivity contribution in [2.24, 2.45) is 0 Å². The third-order valence-electron chi connectivity index (χ3n) is 6.35. The molecule has 6 nitrogen and oxygen atoms in total. The van der Waals surface area contributed by atoms with Gasteiger partial charge in [-0.3, -0.25) is 4.90 Å². The first kappa shape index (κ1) is 22.8. The third-order valence-corrected chi connectivity index (χ3v) is 6.65. The SMILES string of the molecule is COc1cccc(-c2noc(C3=C(C)N(c4ccccc4)C(=S)NC3c3ccc(C)c(C)c3)n2)c1. The number of aromatic nitrogens is 2. The highest BCUT2D eigenvalue weighted by Crippen LogP contribution is 2.39. The first-order chi connectivity index (χ1) is 17.0. The Kier molecular flexibility index (Phi) is 6.09. The van der Waals surface area contributed by atoms with Crippen LogP contribution in [0.2, 0.25) is 0 Å². The molecule has 1 atom stereocenters. The number of nitrogens with one attached hydrogen (secondary N) is 1. The molecular formula is C28H26N4O2S. The Labute approximate surface area is 210 Å². The number of methoxy groups -OCH3 is 1. The van der Waals surface area contributed by atoms with E-state index in [1.807, 2.05) is 66.4 Å². The van der Waals surface area contributed by atoms with Crippen LogP contribution < -0.4 is 15.0 Å². The average molecular weight is 483 g/mol. The van der Waals surface area contributed by atoms with Crippen LogP contribution in [0.15, 0.2) is 83.0 Å². The molecule has 1 unspecified atom stereocenters. The smallest absolute Gasteiger partial charge is 0.258 e.